The molecule has 1 amide bonds. The zero-order valence-electron chi connectivity index (χ0n) is 18.1. The van der Waals surface area contributed by atoms with Crippen molar-refractivity contribution in [1.82, 2.24) is 15.6 Å². The Hall–Kier alpha value is -2.84. The fourth-order valence-electron chi connectivity index (χ4n) is 5.23. The van der Waals surface area contributed by atoms with E-state index in [1.165, 1.54) is 17.0 Å². The van der Waals surface area contributed by atoms with Gasteiger partial charge in [-0.05, 0) is 48.9 Å². The molecule has 7 nitrogen and oxygen atoms in total. The van der Waals surface area contributed by atoms with Crippen LogP contribution in [0.1, 0.15) is 20.9 Å². The maximum Gasteiger partial charge on any atom is 0.263 e. The van der Waals surface area contributed by atoms with Gasteiger partial charge in [-0.2, -0.15) is 0 Å². The highest BCUT2D eigenvalue weighted by Crippen LogP contribution is 2.36. The smallest absolute Gasteiger partial charge is 0.263 e. The number of nitrogens with one attached hydrogen (secondary N) is 2. The molecule has 1 aromatic carbocycles. The molecule has 0 aliphatic carbocycles. The van der Waals surface area contributed by atoms with E-state index in [9.17, 15) is 4.79 Å². The van der Waals surface area contributed by atoms with E-state index in [1.807, 2.05) is 19.1 Å². The van der Waals surface area contributed by atoms with E-state index in [0.29, 0.717) is 17.2 Å². The first-order chi connectivity index (χ1) is 15.5. The van der Waals surface area contributed by atoms with Crippen LogP contribution in [0, 0.1) is 18.8 Å². The third-order valence-electron chi connectivity index (χ3n) is 6.99. The van der Waals surface area contributed by atoms with Gasteiger partial charge in [0.2, 0.25) is 0 Å². The summed E-state index contributed by atoms with van der Waals surface area (Å²) in [6.07, 6.45) is 0.749. The van der Waals surface area contributed by atoms with E-state index in [1.54, 1.807) is 0 Å². The van der Waals surface area contributed by atoms with Gasteiger partial charge in [0.1, 0.15) is 22.1 Å². The number of amides is 1. The molecule has 0 spiro atoms. The van der Waals surface area contributed by atoms with Gasteiger partial charge in [-0.1, -0.05) is 6.07 Å². The summed E-state index contributed by atoms with van der Waals surface area (Å²) in [5.74, 6) is 2.29. The first kappa shape index (κ1) is 19.8. The monoisotopic (exact) mass is 449 g/mol. The Labute approximate surface area is 191 Å². The first-order valence-corrected chi connectivity index (χ1v) is 12.0. The lowest BCUT2D eigenvalue weighted by atomic mass is 10.0. The van der Waals surface area contributed by atoms with Crippen molar-refractivity contribution in [2.75, 3.05) is 43.4 Å². The second-order valence-corrected chi connectivity index (χ2v) is 10.2. The molecule has 2 saturated heterocycles. The van der Waals surface area contributed by atoms with Crippen LogP contribution in [0.2, 0.25) is 0 Å². The minimum atomic E-state index is -0.158. The maximum absolute atomic E-state index is 12.9. The number of benzene rings is 1. The van der Waals surface area contributed by atoms with Crippen LogP contribution in [0.5, 0.6) is 5.75 Å². The third kappa shape index (κ3) is 3.38. The summed E-state index contributed by atoms with van der Waals surface area (Å²) in [7, 11) is 0. The number of aromatic nitrogens is 1. The lowest BCUT2D eigenvalue weighted by molar-refractivity contribution is 0.0920. The van der Waals surface area contributed by atoms with Gasteiger partial charge in [0, 0.05) is 49.0 Å². The summed E-state index contributed by atoms with van der Waals surface area (Å²) in [6.45, 7) is 6.87. The first-order valence-electron chi connectivity index (χ1n) is 11.2. The number of hydrogen-bond acceptors (Lipinski definition) is 7. The molecular formula is C24H27N5O2S. The van der Waals surface area contributed by atoms with Gasteiger partial charge in [-0.25, -0.2) is 4.98 Å². The molecule has 6 rings (SSSR count). The number of anilines is 2. The molecule has 5 heterocycles. The van der Waals surface area contributed by atoms with E-state index < -0.39 is 0 Å². The van der Waals surface area contributed by atoms with Crippen LogP contribution >= 0.6 is 11.3 Å². The molecule has 1 unspecified atom stereocenters. The van der Waals surface area contributed by atoms with Gasteiger partial charge >= 0.3 is 0 Å². The average molecular weight is 450 g/mol. The molecule has 3 atom stereocenters. The number of nitrogens with two attached hydrogens (primary N) is 1. The average Bonchev–Trinajstić information content (AvgIpc) is 3.47. The number of nitrogen functional groups attached to an aromatic ring is 1. The van der Waals surface area contributed by atoms with Crippen LogP contribution in [0.3, 0.4) is 0 Å². The summed E-state index contributed by atoms with van der Waals surface area (Å²) >= 11 is 1.34. The molecule has 3 aliphatic heterocycles. The van der Waals surface area contributed by atoms with Crippen LogP contribution in [0.4, 0.5) is 11.4 Å². The van der Waals surface area contributed by atoms with Crippen molar-refractivity contribution in [2.24, 2.45) is 11.8 Å². The number of ether oxygens (including phenoxy) is 1. The number of nitrogens with zero attached hydrogens (tertiary/aromatic N) is 2. The predicted molar refractivity (Wildman–Crippen MR) is 128 cm³/mol. The predicted octanol–water partition coefficient (Wildman–Crippen LogP) is 2.58. The number of thiophene rings is 1. The highest BCUT2D eigenvalue weighted by atomic mass is 32.1. The molecule has 0 saturated carbocycles. The Bertz CT molecular complexity index is 1200. The van der Waals surface area contributed by atoms with Gasteiger partial charge in [-0.3, -0.25) is 4.79 Å². The van der Waals surface area contributed by atoms with Crippen molar-refractivity contribution in [2.45, 2.75) is 19.4 Å². The van der Waals surface area contributed by atoms with E-state index >= 15 is 0 Å². The van der Waals surface area contributed by atoms with Gasteiger partial charge in [0.15, 0.2) is 0 Å². The molecule has 3 aromatic rings. The molecular weight excluding hydrogens is 422 g/mol. The van der Waals surface area contributed by atoms with E-state index in [4.69, 9.17) is 10.5 Å². The van der Waals surface area contributed by atoms with Crippen molar-refractivity contribution < 1.29 is 9.53 Å². The number of carbonyl (C=O) groups excluding carboxylic acids is 1. The van der Waals surface area contributed by atoms with Crippen LogP contribution in [-0.2, 0) is 6.42 Å². The molecule has 8 heteroatoms. The normalized spacial score (nSPS) is 24.3. The van der Waals surface area contributed by atoms with Crippen molar-refractivity contribution in [3.63, 3.8) is 0 Å². The largest absolute Gasteiger partial charge is 0.491 e. The fourth-order valence-corrected chi connectivity index (χ4v) is 6.27. The topological polar surface area (TPSA) is 92.5 Å². The molecule has 0 bridgehead atoms. The maximum atomic E-state index is 12.9. The Morgan fingerprint density at radius 2 is 2.06 bits per heavy atom. The number of rotatable bonds is 3. The van der Waals surface area contributed by atoms with Crippen LogP contribution < -0.4 is 26.0 Å². The van der Waals surface area contributed by atoms with Gasteiger partial charge in [0.05, 0.1) is 11.7 Å². The van der Waals surface area contributed by atoms with Gasteiger partial charge in [-0.15, -0.1) is 11.3 Å². The summed E-state index contributed by atoms with van der Waals surface area (Å²) in [4.78, 5) is 21.2. The standard InChI is InChI=1S/C24H27N5O2S/c1-13-2-5-19-21(25)22(32-24(19)27-13)23(30)28-17-6-14-3-4-18(7-20(14)31-12-17)29-10-15-8-26-9-16(15)11-29/h2-5,7,15-17,26H,6,8-12,25H2,1H3,(H,28,30)/t15-,16?,17-/m0/s1. The zero-order chi connectivity index (χ0) is 21.8. The molecule has 2 fully saturated rings. The number of aryl methyl sites for hydroxylation is 1. The minimum Gasteiger partial charge on any atom is -0.491 e. The lowest BCUT2D eigenvalue weighted by Gasteiger charge is -2.28. The minimum absolute atomic E-state index is 0.0858. The molecule has 2 aromatic heterocycles. The molecule has 4 N–H and O–H groups in total. The van der Waals surface area contributed by atoms with E-state index in [2.05, 4.69) is 38.7 Å². The molecule has 3 aliphatic rings. The highest BCUT2D eigenvalue weighted by Gasteiger charge is 2.36. The fraction of sp³-hybridized carbons (Fsp3) is 0.417. The third-order valence-corrected chi connectivity index (χ3v) is 8.10. The zero-order valence-corrected chi connectivity index (χ0v) is 18.9. The quantitative estimate of drug-likeness (QED) is 0.569. The van der Waals surface area contributed by atoms with Crippen LogP contribution in [0.15, 0.2) is 30.3 Å². The van der Waals surface area contributed by atoms with Crippen LogP contribution in [0.25, 0.3) is 10.2 Å². The Kier molecular flexibility index (Phi) is 4.73. The summed E-state index contributed by atoms with van der Waals surface area (Å²) in [6, 6.07) is 10.3. The van der Waals surface area contributed by atoms with E-state index in [-0.39, 0.29) is 11.9 Å². The van der Waals surface area contributed by atoms with Crippen LogP contribution in [-0.4, -0.2) is 49.7 Å². The summed E-state index contributed by atoms with van der Waals surface area (Å²) < 4.78 is 6.08. The summed E-state index contributed by atoms with van der Waals surface area (Å²) in [5.41, 5.74) is 10.0. The van der Waals surface area contributed by atoms with Crippen molar-refractivity contribution in [3.8, 4) is 5.75 Å². The highest BCUT2D eigenvalue weighted by molar-refractivity contribution is 7.21. The van der Waals surface area contributed by atoms with Crippen molar-refractivity contribution in [3.05, 3.63) is 46.5 Å². The number of carbonyl (C=O) groups is 1. The van der Waals surface area contributed by atoms with Gasteiger partial charge in [0.25, 0.3) is 5.91 Å². The number of pyridine rings is 1. The summed E-state index contributed by atoms with van der Waals surface area (Å²) in [5, 5.41) is 7.44. The van der Waals surface area contributed by atoms with Crippen molar-refractivity contribution in [1.29, 1.82) is 0 Å². The Balaban J connectivity index is 1.15. The lowest BCUT2D eigenvalue weighted by Crippen LogP contribution is -2.42. The Morgan fingerprint density at radius 1 is 1.25 bits per heavy atom. The SMILES string of the molecule is Cc1ccc2c(N)c(C(=O)N[C@@H]3COc4cc(N5CC6CNC[C@H]6C5)ccc4C3)sc2n1. The van der Waals surface area contributed by atoms with Crippen molar-refractivity contribution >= 4 is 38.8 Å². The number of hydrogen-bond donors (Lipinski definition) is 3. The molecule has 32 heavy (non-hydrogen) atoms. The number of fused-ring (bicyclic) bond motifs is 3. The second-order valence-electron chi connectivity index (χ2n) is 9.21. The molecule has 0 radical (unpaired) electrons. The van der Waals surface area contributed by atoms with E-state index in [0.717, 1.165) is 71.7 Å². The Morgan fingerprint density at radius 3 is 2.88 bits per heavy atom. The molecule has 166 valence electrons. The van der Waals surface area contributed by atoms with Gasteiger partial charge < -0.3 is 26.0 Å². The second kappa shape index (κ2) is 7.64.